The summed E-state index contributed by atoms with van der Waals surface area (Å²) >= 11 is 10.9. The van der Waals surface area contributed by atoms with E-state index in [-0.39, 0.29) is 0 Å². The van der Waals surface area contributed by atoms with Crippen LogP contribution < -0.4 is 0 Å². The summed E-state index contributed by atoms with van der Waals surface area (Å²) in [5.74, 6) is 0. The molecule has 0 aliphatic heterocycles. The van der Waals surface area contributed by atoms with E-state index >= 15 is 0 Å². The van der Waals surface area contributed by atoms with E-state index in [0.717, 1.165) is 3.53 Å². The molecule has 0 N–H and O–H groups in total. The van der Waals surface area contributed by atoms with Crippen LogP contribution in [0.4, 0.5) is 0 Å². The maximum atomic E-state index is 4.98. The van der Waals surface area contributed by atoms with Gasteiger partial charge in [-0.1, -0.05) is 38.4 Å². The van der Waals surface area contributed by atoms with Crippen molar-refractivity contribution in [2.75, 3.05) is 0 Å². The Labute approximate surface area is 83.9 Å². The molecule has 0 heterocycles. The van der Waals surface area contributed by atoms with E-state index in [1.54, 1.807) is 11.8 Å². The molecule has 0 amide bonds. The highest BCUT2D eigenvalue weighted by Gasteiger charge is 2.27. The van der Waals surface area contributed by atoms with Crippen molar-refractivity contribution in [2.45, 2.75) is 43.8 Å². The van der Waals surface area contributed by atoms with Crippen LogP contribution in [0.2, 0.25) is 0 Å². The summed E-state index contributed by atoms with van der Waals surface area (Å²) in [7, 11) is 0. The summed E-state index contributed by atoms with van der Waals surface area (Å²) in [6.45, 7) is 2.30. The fraction of sp³-hybridized carbons (Fsp3) is 0.875. The van der Waals surface area contributed by atoms with Crippen LogP contribution in [0.5, 0.6) is 0 Å². The van der Waals surface area contributed by atoms with E-state index in [1.807, 2.05) is 0 Å². The Morgan fingerprint density at radius 2 is 1.91 bits per heavy atom. The molecule has 3 heteroatoms. The van der Waals surface area contributed by atoms with Crippen molar-refractivity contribution < 1.29 is 0 Å². The van der Waals surface area contributed by atoms with Gasteiger partial charge in [0.25, 0.3) is 0 Å². The molecule has 0 spiro atoms. The van der Waals surface area contributed by atoms with E-state index in [0.29, 0.717) is 4.75 Å². The molecular formula is C8H14S3. The van der Waals surface area contributed by atoms with Gasteiger partial charge in [-0.05, 0) is 12.8 Å². The highest BCUT2D eigenvalue weighted by atomic mass is 32.2. The van der Waals surface area contributed by atoms with E-state index in [9.17, 15) is 0 Å². The van der Waals surface area contributed by atoms with Crippen LogP contribution in [0.15, 0.2) is 0 Å². The van der Waals surface area contributed by atoms with Crippen molar-refractivity contribution in [3.8, 4) is 0 Å². The first-order valence-electron chi connectivity index (χ1n) is 4.04. The molecule has 0 radical (unpaired) electrons. The molecule has 1 aliphatic rings. The van der Waals surface area contributed by atoms with E-state index in [1.165, 1.54) is 32.1 Å². The third-order valence-corrected chi connectivity index (χ3v) is 3.84. The van der Waals surface area contributed by atoms with E-state index in [2.05, 4.69) is 19.6 Å². The van der Waals surface area contributed by atoms with Crippen molar-refractivity contribution in [1.29, 1.82) is 0 Å². The molecular weight excluding hydrogens is 192 g/mol. The Bertz CT molecular complexity index is 147. The first-order valence-corrected chi connectivity index (χ1v) is 5.72. The minimum atomic E-state index is 0.400. The van der Waals surface area contributed by atoms with Gasteiger partial charge in [-0.2, -0.15) is 0 Å². The van der Waals surface area contributed by atoms with Crippen LogP contribution in [0.25, 0.3) is 0 Å². The summed E-state index contributed by atoms with van der Waals surface area (Å²) in [5.41, 5.74) is 0. The fourth-order valence-electron chi connectivity index (χ4n) is 1.61. The third-order valence-electron chi connectivity index (χ3n) is 2.24. The van der Waals surface area contributed by atoms with Gasteiger partial charge < -0.3 is 0 Å². The SMILES string of the molecule is CC1(SC(=S)S)CCCCC1. The normalized spacial score (nSPS) is 23.1. The van der Waals surface area contributed by atoms with Crippen LogP contribution in [0.3, 0.4) is 0 Å². The molecule has 0 atom stereocenters. The van der Waals surface area contributed by atoms with Crippen molar-refractivity contribution in [3.63, 3.8) is 0 Å². The van der Waals surface area contributed by atoms with Crippen molar-refractivity contribution in [1.82, 2.24) is 0 Å². The number of thioether (sulfide) groups is 1. The molecule has 0 aromatic carbocycles. The summed E-state index contributed by atoms with van der Waals surface area (Å²) in [4.78, 5) is 0. The number of rotatable bonds is 1. The van der Waals surface area contributed by atoms with Crippen molar-refractivity contribution in [3.05, 3.63) is 0 Å². The first-order chi connectivity index (χ1) is 5.12. The predicted octanol–water partition coefficient (Wildman–Crippen LogP) is 3.66. The van der Waals surface area contributed by atoms with Gasteiger partial charge >= 0.3 is 0 Å². The summed E-state index contributed by atoms with van der Waals surface area (Å²) in [5, 5.41) is 0. The van der Waals surface area contributed by atoms with Gasteiger partial charge in [-0.25, -0.2) is 0 Å². The van der Waals surface area contributed by atoms with Gasteiger partial charge in [-0.3, -0.25) is 0 Å². The quantitative estimate of drug-likeness (QED) is 0.514. The standard InChI is InChI=1S/C8H14S3/c1-8(11-7(9)10)5-3-2-4-6-8/h2-6H2,1H3,(H,9,10). The number of thiol groups is 1. The van der Waals surface area contributed by atoms with Crippen LogP contribution in [0, 0.1) is 0 Å². The molecule has 0 unspecified atom stereocenters. The van der Waals surface area contributed by atoms with Crippen molar-refractivity contribution >= 4 is 40.1 Å². The zero-order valence-electron chi connectivity index (χ0n) is 6.80. The molecule has 0 aromatic heterocycles. The van der Waals surface area contributed by atoms with Crippen LogP contribution in [-0.2, 0) is 0 Å². The minimum Gasteiger partial charge on any atom is -0.125 e. The number of hydrogen-bond acceptors (Lipinski definition) is 2. The van der Waals surface area contributed by atoms with Gasteiger partial charge in [0.1, 0.15) is 3.53 Å². The number of thiocarbonyl (C=S) groups is 1. The Morgan fingerprint density at radius 1 is 1.36 bits per heavy atom. The van der Waals surface area contributed by atoms with Gasteiger partial charge in [-0.15, -0.1) is 24.4 Å². The predicted molar refractivity (Wildman–Crippen MR) is 60.7 cm³/mol. The zero-order valence-corrected chi connectivity index (χ0v) is 9.33. The maximum absolute atomic E-state index is 4.98. The topological polar surface area (TPSA) is 0 Å². The Morgan fingerprint density at radius 3 is 2.36 bits per heavy atom. The van der Waals surface area contributed by atoms with Crippen LogP contribution >= 0.6 is 36.6 Å². The Kier molecular flexibility index (Phi) is 3.72. The number of hydrogen-bond donors (Lipinski definition) is 1. The summed E-state index contributed by atoms with van der Waals surface area (Å²) in [6, 6.07) is 0. The molecule has 0 nitrogen and oxygen atoms in total. The minimum absolute atomic E-state index is 0.400. The van der Waals surface area contributed by atoms with Crippen LogP contribution in [0.1, 0.15) is 39.0 Å². The fourth-order valence-corrected chi connectivity index (χ4v) is 3.79. The largest absolute Gasteiger partial charge is 0.125 e. The van der Waals surface area contributed by atoms with E-state index in [4.69, 9.17) is 12.2 Å². The Hall–Kier alpha value is 0.790. The lowest BCUT2D eigenvalue weighted by Crippen LogP contribution is -2.24. The lowest BCUT2D eigenvalue weighted by Gasteiger charge is -2.32. The summed E-state index contributed by atoms with van der Waals surface area (Å²) in [6.07, 6.45) is 6.73. The second-order valence-corrected chi connectivity index (χ2v) is 6.70. The van der Waals surface area contributed by atoms with Gasteiger partial charge in [0, 0.05) is 4.75 Å². The molecule has 64 valence electrons. The van der Waals surface area contributed by atoms with Gasteiger partial charge in [0.15, 0.2) is 0 Å². The zero-order chi connectivity index (χ0) is 8.32. The summed E-state index contributed by atoms with van der Waals surface area (Å²) < 4.78 is 1.20. The van der Waals surface area contributed by atoms with Crippen molar-refractivity contribution in [2.24, 2.45) is 0 Å². The molecule has 0 aromatic rings. The highest BCUT2D eigenvalue weighted by molar-refractivity contribution is 8.42. The maximum Gasteiger partial charge on any atom is 0.101 e. The average molecular weight is 206 g/mol. The highest BCUT2D eigenvalue weighted by Crippen LogP contribution is 2.40. The van der Waals surface area contributed by atoms with Gasteiger partial charge in [0.05, 0.1) is 0 Å². The third kappa shape index (κ3) is 3.34. The monoisotopic (exact) mass is 206 g/mol. The van der Waals surface area contributed by atoms with Gasteiger partial charge in [0.2, 0.25) is 0 Å². The lowest BCUT2D eigenvalue weighted by molar-refractivity contribution is 0.423. The molecule has 1 aliphatic carbocycles. The molecule has 11 heavy (non-hydrogen) atoms. The molecule has 0 bridgehead atoms. The molecule has 0 saturated heterocycles. The smallest absolute Gasteiger partial charge is 0.101 e. The second-order valence-electron chi connectivity index (χ2n) is 3.38. The molecule has 1 rings (SSSR count). The Balaban J connectivity index is 2.43. The molecule has 1 saturated carbocycles. The molecule has 1 fully saturated rings. The van der Waals surface area contributed by atoms with E-state index < -0.39 is 0 Å². The van der Waals surface area contributed by atoms with Crippen LogP contribution in [-0.4, -0.2) is 8.28 Å². The second kappa shape index (κ2) is 4.15. The average Bonchev–Trinajstić information content (AvgIpc) is 1.85. The first kappa shape index (κ1) is 9.87. The lowest BCUT2D eigenvalue weighted by atomic mass is 9.90.